The first-order valence-electron chi connectivity index (χ1n) is 6.92. The van der Waals surface area contributed by atoms with E-state index in [0.29, 0.717) is 6.54 Å². The Hall–Kier alpha value is -2.95. The lowest BCUT2D eigenvalue weighted by Gasteiger charge is -2.16. The number of benzene rings is 2. The highest BCUT2D eigenvalue weighted by Gasteiger charge is 2.13. The zero-order valence-corrected chi connectivity index (χ0v) is 12.1. The number of rotatable bonds is 3. The van der Waals surface area contributed by atoms with Gasteiger partial charge in [-0.25, -0.2) is 5.10 Å². The molecule has 3 rings (SSSR count). The zero-order chi connectivity index (χ0) is 15.5. The number of carbonyl (C=O) groups excluding carboxylic acids is 1. The summed E-state index contributed by atoms with van der Waals surface area (Å²) in [6.07, 6.45) is 0. The van der Waals surface area contributed by atoms with Crippen molar-refractivity contribution in [3.05, 3.63) is 76.2 Å². The molecule has 0 bridgehead atoms. The maximum atomic E-state index is 12.3. The molecule has 1 N–H and O–H groups in total. The standard InChI is InChI=1S/C17H15N3O2/c1-20(17(22)15-8-9-16(21)19-18-15)11-12-6-7-13-4-2-3-5-14(13)10-12/h2-10H,11H2,1H3,(H,19,21). The Bertz CT molecular complexity index is 866. The summed E-state index contributed by atoms with van der Waals surface area (Å²) in [7, 11) is 1.71. The maximum absolute atomic E-state index is 12.3. The van der Waals surface area contributed by atoms with Crippen LogP contribution in [-0.4, -0.2) is 28.1 Å². The van der Waals surface area contributed by atoms with Crippen LogP contribution in [0.25, 0.3) is 10.8 Å². The van der Waals surface area contributed by atoms with Crippen LogP contribution in [0.1, 0.15) is 16.1 Å². The average molecular weight is 293 g/mol. The molecule has 0 radical (unpaired) electrons. The molecule has 2 aromatic carbocycles. The van der Waals surface area contributed by atoms with E-state index in [9.17, 15) is 9.59 Å². The summed E-state index contributed by atoms with van der Waals surface area (Å²) in [5, 5.41) is 8.34. The third-order valence-corrected chi connectivity index (χ3v) is 3.48. The molecule has 0 unspecified atom stereocenters. The van der Waals surface area contributed by atoms with Gasteiger partial charge in [0, 0.05) is 19.7 Å². The lowest BCUT2D eigenvalue weighted by Crippen LogP contribution is -2.28. The largest absolute Gasteiger partial charge is 0.336 e. The van der Waals surface area contributed by atoms with Gasteiger partial charge in [-0.2, -0.15) is 5.10 Å². The maximum Gasteiger partial charge on any atom is 0.274 e. The van der Waals surface area contributed by atoms with E-state index >= 15 is 0 Å². The summed E-state index contributed by atoms with van der Waals surface area (Å²) >= 11 is 0. The Morgan fingerprint density at radius 2 is 1.86 bits per heavy atom. The topological polar surface area (TPSA) is 66.1 Å². The van der Waals surface area contributed by atoms with Gasteiger partial charge in [0.15, 0.2) is 0 Å². The Labute approximate surface area is 127 Å². The molecule has 0 spiro atoms. The number of fused-ring (bicyclic) bond motifs is 1. The first kappa shape index (κ1) is 14.0. The molecular formula is C17H15N3O2. The van der Waals surface area contributed by atoms with Crippen LogP contribution in [0.2, 0.25) is 0 Å². The molecule has 0 aliphatic carbocycles. The van der Waals surface area contributed by atoms with Crippen LogP contribution in [-0.2, 0) is 6.54 Å². The van der Waals surface area contributed by atoms with Gasteiger partial charge in [0.2, 0.25) is 0 Å². The van der Waals surface area contributed by atoms with Crippen LogP contribution in [0.15, 0.2) is 59.4 Å². The van der Waals surface area contributed by atoms with Crippen LogP contribution in [0.3, 0.4) is 0 Å². The molecule has 5 heteroatoms. The van der Waals surface area contributed by atoms with Crippen molar-refractivity contribution in [3.8, 4) is 0 Å². The van der Waals surface area contributed by atoms with Gasteiger partial charge in [-0.05, 0) is 28.5 Å². The molecule has 3 aromatic rings. The third kappa shape index (κ3) is 2.88. The smallest absolute Gasteiger partial charge is 0.274 e. The lowest BCUT2D eigenvalue weighted by molar-refractivity contribution is 0.0778. The highest BCUT2D eigenvalue weighted by molar-refractivity contribution is 5.92. The molecule has 0 saturated heterocycles. The lowest BCUT2D eigenvalue weighted by atomic mass is 10.1. The molecular weight excluding hydrogens is 278 g/mol. The van der Waals surface area contributed by atoms with E-state index in [1.807, 2.05) is 30.3 Å². The van der Waals surface area contributed by atoms with Gasteiger partial charge in [-0.15, -0.1) is 0 Å². The second kappa shape index (κ2) is 5.81. The van der Waals surface area contributed by atoms with Gasteiger partial charge in [-0.1, -0.05) is 36.4 Å². The monoisotopic (exact) mass is 293 g/mol. The number of hydrogen-bond acceptors (Lipinski definition) is 3. The molecule has 1 aromatic heterocycles. The second-order valence-corrected chi connectivity index (χ2v) is 5.15. The molecule has 1 heterocycles. The van der Waals surface area contributed by atoms with Crippen molar-refractivity contribution in [2.24, 2.45) is 0 Å². The zero-order valence-electron chi connectivity index (χ0n) is 12.1. The van der Waals surface area contributed by atoms with Crippen molar-refractivity contribution >= 4 is 16.7 Å². The summed E-state index contributed by atoms with van der Waals surface area (Å²) in [6, 6.07) is 16.9. The fraction of sp³-hybridized carbons (Fsp3) is 0.118. The predicted octanol–water partition coefficient (Wildman–Crippen LogP) is 2.20. The fourth-order valence-electron chi connectivity index (χ4n) is 2.34. The van der Waals surface area contributed by atoms with Gasteiger partial charge in [0.1, 0.15) is 5.69 Å². The number of aromatic amines is 1. The summed E-state index contributed by atoms with van der Waals surface area (Å²) in [4.78, 5) is 24.8. The minimum atomic E-state index is -0.325. The van der Waals surface area contributed by atoms with Gasteiger partial charge in [0.05, 0.1) is 0 Å². The quantitative estimate of drug-likeness (QED) is 0.805. The summed E-state index contributed by atoms with van der Waals surface area (Å²) in [6.45, 7) is 0.477. The number of H-pyrrole nitrogens is 1. The molecule has 110 valence electrons. The molecule has 5 nitrogen and oxygen atoms in total. The van der Waals surface area contributed by atoms with Crippen LogP contribution < -0.4 is 5.56 Å². The van der Waals surface area contributed by atoms with E-state index in [4.69, 9.17) is 0 Å². The number of amides is 1. The van der Waals surface area contributed by atoms with Crippen molar-refractivity contribution < 1.29 is 4.79 Å². The SMILES string of the molecule is CN(Cc1ccc2ccccc2c1)C(=O)c1ccc(=O)[nH]n1. The Morgan fingerprint density at radius 1 is 1.09 bits per heavy atom. The Morgan fingerprint density at radius 3 is 2.59 bits per heavy atom. The van der Waals surface area contributed by atoms with Gasteiger partial charge < -0.3 is 4.90 Å². The number of nitrogens with one attached hydrogen (secondary N) is 1. The summed E-state index contributed by atoms with van der Waals surface area (Å²) < 4.78 is 0. The number of nitrogens with zero attached hydrogens (tertiary/aromatic N) is 2. The normalized spacial score (nSPS) is 10.6. The van der Waals surface area contributed by atoms with E-state index in [1.165, 1.54) is 17.5 Å². The van der Waals surface area contributed by atoms with Crippen LogP contribution >= 0.6 is 0 Å². The van der Waals surface area contributed by atoms with E-state index in [1.54, 1.807) is 11.9 Å². The third-order valence-electron chi connectivity index (χ3n) is 3.48. The first-order chi connectivity index (χ1) is 10.6. The van der Waals surface area contributed by atoms with Crippen LogP contribution in [0.4, 0.5) is 0 Å². The minimum absolute atomic E-state index is 0.225. The highest BCUT2D eigenvalue weighted by atomic mass is 16.2. The molecule has 0 saturated carbocycles. The predicted molar refractivity (Wildman–Crippen MR) is 84.6 cm³/mol. The molecule has 0 aliphatic heterocycles. The van der Waals surface area contributed by atoms with Crippen molar-refractivity contribution in [1.82, 2.24) is 15.1 Å². The van der Waals surface area contributed by atoms with E-state index < -0.39 is 0 Å². The van der Waals surface area contributed by atoms with Crippen molar-refractivity contribution in [3.63, 3.8) is 0 Å². The van der Waals surface area contributed by atoms with Gasteiger partial charge in [-0.3, -0.25) is 9.59 Å². The molecule has 22 heavy (non-hydrogen) atoms. The second-order valence-electron chi connectivity index (χ2n) is 5.15. The number of hydrogen-bond donors (Lipinski definition) is 1. The highest BCUT2D eigenvalue weighted by Crippen LogP contribution is 2.16. The number of carbonyl (C=O) groups is 1. The van der Waals surface area contributed by atoms with E-state index in [-0.39, 0.29) is 17.2 Å². The van der Waals surface area contributed by atoms with Gasteiger partial charge in [0.25, 0.3) is 11.5 Å². The fourth-order valence-corrected chi connectivity index (χ4v) is 2.34. The van der Waals surface area contributed by atoms with E-state index in [2.05, 4.69) is 22.3 Å². The van der Waals surface area contributed by atoms with Gasteiger partial charge >= 0.3 is 0 Å². The van der Waals surface area contributed by atoms with Crippen LogP contribution in [0, 0.1) is 0 Å². The molecule has 0 fully saturated rings. The minimum Gasteiger partial charge on any atom is -0.336 e. The summed E-state index contributed by atoms with van der Waals surface area (Å²) in [5.41, 5.74) is 0.940. The molecule has 0 atom stereocenters. The van der Waals surface area contributed by atoms with Crippen molar-refractivity contribution in [2.45, 2.75) is 6.54 Å². The van der Waals surface area contributed by atoms with Crippen LogP contribution in [0.5, 0.6) is 0 Å². The Kier molecular flexibility index (Phi) is 3.70. The number of aromatic nitrogens is 2. The molecule has 0 aliphatic rings. The summed E-state index contributed by atoms with van der Waals surface area (Å²) in [5.74, 6) is -0.232. The van der Waals surface area contributed by atoms with E-state index in [0.717, 1.165) is 10.9 Å². The van der Waals surface area contributed by atoms with Crippen molar-refractivity contribution in [2.75, 3.05) is 7.05 Å². The Balaban J connectivity index is 1.79. The van der Waals surface area contributed by atoms with Crippen molar-refractivity contribution in [1.29, 1.82) is 0 Å². The first-order valence-corrected chi connectivity index (χ1v) is 6.92. The molecule has 1 amide bonds. The average Bonchev–Trinajstić information content (AvgIpc) is 2.55.